The van der Waals surface area contributed by atoms with Crippen molar-refractivity contribution in [3.05, 3.63) is 46.3 Å². The third-order valence-electron chi connectivity index (χ3n) is 3.96. The zero-order valence-corrected chi connectivity index (χ0v) is 13.2. The number of nitrogens with zero attached hydrogens (tertiary/aromatic N) is 3. The molecule has 2 aromatic rings. The van der Waals surface area contributed by atoms with Crippen LogP contribution in [-0.2, 0) is 6.54 Å². The first-order valence-electron chi connectivity index (χ1n) is 7.04. The van der Waals surface area contributed by atoms with Gasteiger partial charge in [0.25, 0.3) is 0 Å². The Morgan fingerprint density at radius 2 is 2.00 bits per heavy atom. The second-order valence-corrected chi connectivity index (χ2v) is 5.80. The summed E-state index contributed by atoms with van der Waals surface area (Å²) in [5.41, 5.74) is 1.94. The van der Waals surface area contributed by atoms with Crippen LogP contribution in [0.5, 0.6) is 0 Å². The van der Waals surface area contributed by atoms with E-state index in [4.69, 9.17) is 11.6 Å². The van der Waals surface area contributed by atoms with Crippen LogP contribution in [0.2, 0.25) is 0 Å². The number of rotatable bonds is 3. The van der Waals surface area contributed by atoms with Crippen LogP contribution in [0.4, 0.5) is 8.78 Å². The summed E-state index contributed by atoms with van der Waals surface area (Å²) in [5.74, 6) is -1.61. The molecule has 116 valence electrons. The van der Waals surface area contributed by atoms with Crippen LogP contribution in [0.25, 0.3) is 10.9 Å². The minimum Gasteiger partial charge on any atom is -0.341 e. The molecular formula is C16H16ClF2N3. The summed E-state index contributed by atoms with van der Waals surface area (Å²) in [7, 11) is 0. The summed E-state index contributed by atoms with van der Waals surface area (Å²) in [6.45, 7) is 5.24. The molecule has 0 N–H and O–H groups in total. The standard InChI is InChI=1S/C16H16ClF2N3/c1-10-7-13(18)15(19)16-12(10)8-11(2)22(16)6-5-21-9-20-4-3-14(21)17/h3-4,7-8H,5-6,9H2,1-2H3. The summed E-state index contributed by atoms with van der Waals surface area (Å²) in [4.78, 5) is 6.02. The molecule has 0 spiro atoms. The predicted molar refractivity (Wildman–Crippen MR) is 85.3 cm³/mol. The molecule has 0 aliphatic carbocycles. The number of hydrogen-bond donors (Lipinski definition) is 0. The quantitative estimate of drug-likeness (QED) is 0.783. The van der Waals surface area contributed by atoms with E-state index in [9.17, 15) is 8.78 Å². The van der Waals surface area contributed by atoms with E-state index in [2.05, 4.69) is 4.99 Å². The molecule has 0 unspecified atom stereocenters. The van der Waals surface area contributed by atoms with Crippen molar-refractivity contribution < 1.29 is 8.78 Å². The summed E-state index contributed by atoms with van der Waals surface area (Å²) in [6.07, 6.45) is 3.38. The van der Waals surface area contributed by atoms with E-state index in [0.29, 0.717) is 30.4 Å². The molecule has 0 bridgehead atoms. The van der Waals surface area contributed by atoms with E-state index < -0.39 is 11.6 Å². The molecule has 3 rings (SSSR count). The molecule has 0 saturated heterocycles. The second-order valence-electron chi connectivity index (χ2n) is 5.41. The molecule has 2 heterocycles. The molecule has 1 aromatic carbocycles. The van der Waals surface area contributed by atoms with E-state index in [0.717, 1.165) is 16.6 Å². The Kier molecular flexibility index (Phi) is 3.91. The zero-order chi connectivity index (χ0) is 15.9. The van der Waals surface area contributed by atoms with Gasteiger partial charge >= 0.3 is 0 Å². The Morgan fingerprint density at radius 1 is 1.23 bits per heavy atom. The Labute approximate surface area is 132 Å². The van der Waals surface area contributed by atoms with Gasteiger partial charge in [-0.1, -0.05) is 11.6 Å². The fourth-order valence-corrected chi connectivity index (χ4v) is 2.97. The highest BCUT2D eigenvalue weighted by Gasteiger charge is 2.17. The minimum atomic E-state index is -0.815. The lowest BCUT2D eigenvalue weighted by Gasteiger charge is -2.24. The highest BCUT2D eigenvalue weighted by atomic mass is 35.5. The van der Waals surface area contributed by atoms with Crippen molar-refractivity contribution in [1.82, 2.24) is 9.47 Å². The third kappa shape index (κ3) is 2.50. The van der Waals surface area contributed by atoms with Crippen molar-refractivity contribution in [3.63, 3.8) is 0 Å². The lowest BCUT2D eigenvalue weighted by Crippen LogP contribution is -2.27. The number of aliphatic imine (C=N–C) groups is 1. The number of aryl methyl sites for hydroxylation is 2. The van der Waals surface area contributed by atoms with Gasteiger partial charge in [0.1, 0.15) is 11.8 Å². The molecular weight excluding hydrogens is 308 g/mol. The van der Waals surface area contributed by atoms with Gasteiger partial charge in [-0.25, -0.2) is 8.78 Å². The molecule has 0 fully saturated rings. The average molecular weight is 324 g/mol. The van der Waals surface area contributed by atoms with Crippen molar-refractivity contribution in [1.29, 1.82) is 0 Å². The van der Waals surface area contributed by atoms with Gasteiger partial charge in [0.05, 0.1) is 5.52 Å². The lowest BCUT2D eigenvalue weighted by atomic mass is 10.1. The van der Waals surface area contributed by atoms with Gasteiger partial charge in [0.2, 0.25) is 0 Å². The molecule has 3 nitrogen and oxygen atoms in total. The highest BCUT2D eigenvalue weighted by Crippen LogP contribution is 2.28. The van der Waals surface area contributed by atoms with Crippen molar-refractivity contribution in [3.8, 4) is 0 Å². The number of benzene rings is 1. The number of allylic oxidation sites excluding steroid dienone is 1. The Bertz CT molecular complexity index is 793. The molecule has 1 aromatic heterocycles. The fraction of sp³-hybridized carbons (Fsp3) is 0.312. The van der Waals surface area contributed by atoms with Gasteiger partial charge in [-0.3, -0.25) is 4.99 Å². The molecule has 0 radical (unpaired) electrons. The van der Waals surface area contributed by atoms with Crippen molar-refractivity contribution in [2.24, 2.45) is 4.99 Å². The van der Waals surface area contributed by atoms with Crippen molar-refractivity contribution in [2.45, 2.75) is 20.4 Å². The van der Waals surface area contributed by atoms with Gasteiger partial charge in [0.15, 0.2) is 11.6 Å². The van der Waals surface area contributed by atoms with E-state index in [1.165, 1.54) is 6.07 Å². The number of fused-ring (bicyclic) bond motifs is 1. The minimum absolute atomic E-state index is 0.315. The van der Waals surface area contributed by atoms with Gasteiger partial charge < -0.3 is 9.47 Å². The van der Waals surface area contributed by atoms with Crippen LogP contribution in [-0.4, -0.2) is 28.9 Å². The van der Waals surface area contributed by atoms with E-state index in [-0.39, 0.29) is 0 Å². The first kappa shape index (κ1) is 15.0. The van der Waals surface area contributed by atoms with Crippen LogP contribution < -0.4 is 0 Å². The lowest BCUT2D eigenvalue weighted by molar-refractivity contribution is 0.355. The first-order chi connectivity index (χ1) is 10.5. The van der Waals surface area contributed by atoms with Gasteiger partial charge in [-0.15, -0.1) is 0 Å². The van der Waals surface area contributed by atoms with Crippen LogP contribution in [0.1, 0.15) is 11.3 Å². The largest absolute Gasteiger partial charge is 0.341 e. The van der Waals surface area contributed by atoms with Crippen LogP contribution in [0.3, 0.4) is 0 Å². The maximum Gasteiger partial charge on any atom is 0.183 e. The summed E-state index contributed by atoms with van der Waals surface area (Å²) >= 11 is 6.12. The predicted octanol–water partition coefficient (Wildman–Crippen LogP) is 3.96. The van der Waals surface area contributed by atoms with Crippen molar-refractivity contribution >= 4 is 28.7 Å². The number of aromatic nitrogens is 1. The summed E-state index contributed by atoms with van der Waals surface area (Å²) in [6, 6.07) is 3.12. The monoisotopic (exact) mass is 323 g/mol. The fourth-order valence-electron chi connectivity index (χ4n) is 2.78. The zero-order valence-electron chi connectivity index (χ0n) is 12.4. The molecule has 0 saturated carbocycles. The normalized spacial score (nSPS) is 14.8. The highest BCUT2D eigenvalue weighted by molar-refractivity contribution is 6.30. The van der Waals surface area contributed by atoms with E-state index in [1.54, 1.807) is 23.8 Å². The first-order valence-corrected chi connectivity index (χ1v) is 7.42. The van der Waals surface area contributed by atoms with Gasteiger partial charge in [-0.2, -0.15) is 0 Å². The molecule has 6 heteroatoms. The SMILES string of the molecule is Cc1cc(F)c(F)c2c1cc(C)n2CCN1CN=CC=C1Cl. The van der Waals surface area contributed by atoms with Crippen LogP contribution in [0, 0.1) is 25.5 Å². The molecule has 1 aliphatic heterocycles. The van der Waals surface area contributed by atoms with E-state index in [1.807, 2.05) is 17.9 Å². The molecule has 22 heavy (non-hydrogen) atoms. The topological polar surface area (TPSA) is 20.5 Å². The van der Waals surface area contributed by atoms with Crippen LogP contribution >= 0.6 is 11.6 Å². The average Bonchev–Trinajstić information content (AvgIpc) is 2.82. The maximum absolute atomic E-state index is 14.2. The molecule has 0 atom stereocenters. The second kappa shape index (κ2) is 5.72. The van der Waals surface area contributed by atoms with Gasteiger partial charge in [-0.05, 0) is 37.6 Å². The third-order valence-corrected chi connectivity index (χ3v) is 4.32. The Balaban J connectivity index is 1.95. The summed E-state index contributed by atoms with van der Waals surface area (Å²) in [5, 5.41) is 1.35. The van der Waals surface area contributed by atoms with Crippen molar-refractivity contribution in [2.75, 3.05) is 13.2 Å². The number of hydrogen-bond acceptors (Lipinski definition) is 2. The van der Waals surface area contributed by atoms with E-state index >= 15 is 0 Å². The molecule has 0 amide bonds. The number of halogens is 3. The maximum atomic E-state index is 14.2. The van der Waals surface area contributed by atoms with Gasteiger partial charge in [0, 0.05) is 30.4 Å². The smallest absolute Gasteiger partial charge is 0.183 e. The summed E-state index contributed by atoms with van der Waals surface area (Å²) < 4.78 is 29.7. The Morgan fingerprint density at radius 3 is 2.73 bits per heavy atom. The Hall–Kier alpha value is -1.88. The van der Waals surface area contributed by atoms with Crippen LogP contribution in [0.15, 0.2) is 28.4 Å². The molecule has 1 aliphatic rings.